The van der Waals surface area contributed by atoms with Gasteiger partial charge < -0.3 is 20.3 Å². The number of nitrogens with one attached hydrogen (secondary N) is 2. The minimum Gasteiger partial charge on any atom is -0.495 e. The Bertz CT molecular complexity index is 1050. The predicted octanol–water partition coefficient (Wildman–Crippen LogP) is 3.77. The van der Waals surface area contributed by atoms with Gasteiger partial charge in [0.2, 0.25) is 5.95 Å². The van der Waals surface area contributed by atoms with Crippen LogP contribution in [0.4, 0.5) is 21.8 Å². The SMILES string of the molecule is COc1ccccc1Nc1ccnc(N2CCC(NC(=O)c3ccccc3F)CC2)n1. The number of rotatable bonds is 6. The molecule has 7 nitrogen and oxygen atoms in total. The zero-order valence-corrected chi connectivity index (χ0v) is 17.2. The number of carbonyl (C=O) groups excluding carboxylic acids is 1. The van der Waals surface area contributed by atoms with Crippen LogP contribution >= 0.6 is 0 Å². The van der Waals surface area contributed by atoms with E-state index in [0.29, 0.717) is 24.9 Å². The Labute approximate surface area is 180 Å². The van der Waals surface area contributed by atoms with Crippen molar-refractivity contribution in [2.45, 2.75) is 18.9 Å². The lowest BCUT2D eigenvalue weighted by atomic mass is 10.0. The van der Waals surface area contributed by atoms with Crippen LogP contribution in [0.25, 0.3) is 0 Å². The van der Waals surface area contributed by atoms with E-state index in [0.717, 1.165) is 24.3 Å². The van der Waals surface area contributed by atoms with Crippen LogP contribution in [0, 0.1) is 5.82 Å². The van der Waals surface area contributed by atoms with Crippen LogP contribution in [0.5, 0.6) is 5.75 Å². The molecule has 0 atom stereocenters. The third-order valence-electron chi connectivity index (χ3n) is 5.24. The van der Waals surface area contributed by atoms with Gasteiger partial charge >= 0.3 is 0 Å². The first-order valence-electron chi connectivity index (χ1n) is 10.2. The minimum atomic E-state index is -0.509. The minimum absolute atomic E-state index is 0.0155. The first-order valence-corrected chi connectivity index (χ1v) is 10.2. The van der Waals surface area contributed by atoms with Crippen molar-refractivity contribution < 1.29 is 13.9 Å². The topological polar surface area (TPSA) is 79.4 Å². The second kappa shape index (κ2) is 9.42. The van der Waals surface area contributed by atoms with Gasteiger partial charge in [0.15, 0.2) is 0 Å². The molecule has 0 spiro atoms. The fourth-order valence-electron chi connectivity index (χ4n) is 3.59. The van der Waals surface area contributed by atoms with Crippen LogP contribution in [0.15, 0.2) is 60.8 Å². The highest BCUT2D eigenvalue weighted by atomic mass is 19.1. The number of anilines is 3. The number of ether oxygens (including phenoxy) is 1. The lowest BCUT2D eigenvalue weighted by molar-refractivity contribution is 0.0927. The highest BCUT2D eigenvalue weighted by Crippen LogP contribution is 2.27. The van der Waals surface area contributed by atoms with Gasteiger partial charge in [0.25, 0.3) is 5.91 Å². The molecule has 31 heavy (non-hydrogen) atoms. The van der Waals surface area contributed by atoms with Crippen molar-refractivity contribution in [3.63, 3.8) is 0 Å². The summed E-state index contributed by atoms with van der Waals surface area (Å²) < 4.78 is 19.2. The van der Waals surface area contributed by atoms with Crippen LogP contribution in [-0.4, -0.2) is 42.1 Å². The highest BCUT2D eigenvalue weighted by molar-refractivity contribution is 5.94. The van der Waals surface area contributed by atoms with Crippen LogP contribution in [0.2, 0.25) is 0 Å². The maximum atomic E-state index is 13.8. The van der Waals surface area contributed by atoms with Crippen molar-refractivity contribution in [3.05, 3.63) is 72.2 Å². The Morgan fingerprint density at radius 1 is 1.10 bits per heavy atom. The summed E-state index contributed by atoms with van der Waals surface area (Å²) in [5.74, 6) is 1.14. The maximum Gasteiger partial charge on any atom is 0.254 e. The molecule has 1 saturated heterocycles. The summed E-state index contributed by atoms with van der Waals surface area (Å²) in [5, 5.41) is 6.20. The number of nitrogens with zero attached hydrogens (tertiary/aromatic N) is 3. The van der Waals surface area contributed by atoms with Gasteiger partial charge in [-0.15, -0.1) is 0 Å². The normalized spacial score (nSPS) is 14.2. The molecule has 160 valence electrons. The van der Waals surface area contributed by atoms with Crippen molar-refractivity contribution in [3.8, 4) is 5.75 Å². The van der Waals surface area contributed by atoms with Crippen LogP contribution in [-0.2, 0) is 0 Å². The highest BCUT2D eigenvalue weighted by Gasteiger charge is 2.23. The molecule has 0 radical (unpaired) electrons. The number of para-hydroxylation sites is 2. The van der Waals surface area contributed by atoms with E-state index in [1.54, 1.807) is 31.5 Å². The van der Waals surface area contributed by atoms with E-state index in [1.807, 2.05) is 24.3 Å². The first kappa shape index (κ1) is 20.6. The lowest BCUT2D eigenvalue weighted by Gasteiger charge is -2.32. The van der Waals surface area contributed by atoms with E-state index in [4.69, 9.17) is 4.74 Å². The lowest BCUT2D eigenvalue weighted by Crippen LogP contribution is -2.45. The van der Waals surface area contributed by atoms with Crippen LogP contribution in [0.1, 0.15) is 23.2 Å². The average molecular weight is 421 g/mol. The fourth-order valence-corrected chi connectivity index (χ4v) is 3.59. The number of hydrogen-bond acceptors (Lipinski definition) is 6. The molecule has 8 heteroatoms. The average Bonchev–Trinajstić information content (AvgIpc) is 2.80. The summed E-state index contributed by atoms with van der Waals surface area (Å²) >= 11 is 0. The van der Waals surface area contributed by atoms with Crippen molar-refractivity contribution in [2.75, 3.05) is 30.4 Å². The largest absolute Gasteiger partial charge is 0.495 e. The molecule has 4 rings (SSSR count). The number of halogens is 1. The number of hydrogen-bond donors (Lipinski definition) is 2. The third-order valence-corrected chi connectivity index (χ3v) is 5.24. The molecular weight excluding hydrogens is 397 g/mol. The number of carbonyl (C=O) groups is 1. The second-order valence-corrected chi connectivity index (χ2v) is 7.28. The van der Waals surface area contributed by atoms with E-state index in [2.05, 4.69) is 25.5 Å². The molecular formula is C23H24FN5O2. The molecule has 1 aliphatic heterocycles. The summed E-state index contributed by atoms with van der Waals surface area (Å²) in [5.41, 5.74) is 0.896. The second-order valence-electron chi connectivity index (χ2n) is 7.28. The molecule has 1 aliphatic rings. The number of methoxy groups -OCH3 is 1. The Hall–Kier alpha value is -3.68. The Kier molecular flexibility index (Phi) is 6.26. The summed E-state index contributed by atoms with van der Waals surface area (Å²) in [6, 6.07) is 15.4. The van der Waals surface area contributed by atoms with E-state index in [9.17, 15) is 9.18 Å². The third kappa shape index (κ3) is 4.91. The standard InChI is InChI=1S/C23H24FN5O2/c1-31-20-9-5-4-8-19(20)27-21-10-13-25-23(28-21)29-14-11-16(12-15-29)26-22(30)17-6-2-3-7-18(17)24/h2-10,13,16H,11-12,14-15H2,1H3,(H,26,30)(H,25,27,28). The predicted molar refractivity (Wildman–Crippen MR) is 117 cm³/mol. The van der Waals surface area contributed by atoms with Gasteiger partial charge in [0.05, 0.1) is 18.4 Å². The van der Waals surface area contributed by atoms with Crippen molar-refractivity contribution in [2.24, 2.45) is 0 Å². The maximum absolute atomic E-state index is 13.8. The number of aromatic nitrogens is 2. The van der Waals surface area contributed by atoms with Gasteiger partial charge in [-0.1, -0.05) is 24.3 Å². The van der Waals surface area contributed by atoms with E-state index in [-0.39, 0.29) is 17.5 Å². The summed E-state index contributed by atoms with van der Waals surface area (Å²) in [7, 11) is 1.63. The number of amides is 1. The van der Waals surface area contributed by atoms with Crippen LogP contribution < -0.4 is 20.3 Å². The van der Waals surface area contributed by atoms with Crippen molar-refractivity contribution >= 4 is 23.4 Å². The molecule has 1 aromatic heterocycles. The molecule has 1 fully saturated rings. The van der Waals surface area contributed by atoms with Gasteiger partial charge in [-0.3, -0.25) is 4.79 Å². The van der Waals surface area contributed by atoms with Crippen molar-refractivity contribution in [1.82, 2.24) is 15.3 Å². The quantitative estimate of drug-likeness (QED) is 0.631. The summed E-state index contributed by atoms with van der Waals surface area (Å²) in [6.07, 6.45) is 3.17. The molecule has 3 aromatic rings. The molecule has 1 amide bonds. The monoisotopic (exact) mass is 421 g/mol. The van der Waals surface area contributed by atoms with E-state index < -0.39 is 5.82 Å². The Morgan fingerprint density at radius 3 is 2.61 bits per heavy atom. The molecule has 0 saturated carbocycles. The molecule has 0 unspecified atom stereocenters. The number of piperidine rings is 1. The van der Waals surface area contributed by atoms with Gasteiger partial charge in [-0.05, 0) is 43.2 Å². The molecule has 2 N–H and O–H groups in total. The van der Waals surface area contributed by atoms with Crippen LogP contribution in [0.3, 0.4) is 0 Å². The molecule has 2 aromatic carbocycles. The zero-order valence-electron chi connectivity index (χ0n) is 17.2. The zero-order chi connectivity index (χ0) is 21.6. The molecule has 0 bridgehead atoms. The van der Waals surface area contributed by atoms with E-state index >= 15 is 0 Å². The van der Waals surface area contributed by atoms with Gasteiger partial charge in [-0.25, -0.2) is 9.37 Å². The van der Waals surface area contributed by atoms with Gasteiger partial charge in [-0.2, -0.15) is 4.98 Å². The number of benzene rings is 2. The van der Waals surface area contributed by atoms with Crippen molar-refractivity contribution in [1.29, 1.82) is 0 Å². The smallest absolute Gasteiger partial charge is 0.254 e. The summed E-state index contributed by atoms with van der Waals surface area (Å²) in [6.45, 7) is 1.39. The Morgan fingerprint density at radius 2 is 1.84 bits per heavy atom. The first-order chi connectivity index (χ1) is 15.1. The summed E-state index contributed by atoms with van der Waals surface area (Å²) in [4.78, 5) is 23.5. The van der Waals surface area contributed by atoms with Gasteiger partial charge in [0, 0.05) is 25.3 Å². The fraction of sp³-hybridized carbons (Fsp3) is 0.261. The van der Waals surface area contributed by atoms with E-state index in [1.165, 1.54) is 12.1 Å². The molecule has 2 heterocycles. The van der Waals surface area contributed by atoms with Gasteiger partial charge in [0.1, 0.15) is 17.4 Å². The molecule has 0 aliphatic carbocycles. The Balaban J connectivity index is 1.36.